The molecular formula is C21H21ClN6O3S2. The molecule has 33 heavy (non-hydrogen) atoms. The number of thiazole rings is 1. The van der Waals surface area contributed by atoms with E-state index in [0.29, 0.717) is 25.5 Å². The van der Waals surface area contributed by atoms with Crippen LogP contribution in [-0.2, 0) is 19.5 Å². The van der Waals surface area contributed by atoms with Gasteiger partial charge >= 0.3 is 0 Å². The van der Waals surface area contributed by atoms with Crippen LogP contribution in [0.25, 0.3) is 0 Å². The second-order valence-electron chi connectivity index (χ2n) is 7.46. The van der Waals surface area contributed by atoms with Gasteiger partial charge in [-0.25, -0.2) is 10.8 Å². The highest BCUT2D eigenvalue weighted by atomic mass is 35.5. The predicted octanol–water partition coefficient (Wildman–Crippen LogP) is 2.63. The first-order valence-corrected chi connectivity index (χ1v) is 12.0. The van der Waals surface area contributed by atoms with Crippen molar-refractivity contribution < 1.29 is 14.4 Å². The van der Waals surface area contributed by atoms with Crippen molar-refractivity contribution in [2.75, 3.05) is 18.9 Å². The van der Waals surface area contributed by atoms with Crippen molar-refractivity contribution in [3.05, 3.63) is 66.3 Å². The van der Waals surface area contributed by atoms with Gasteiger partial charge in [-0.05, 0) is 36.9 Å². The summed E-state index contributed by atoms with van der Waals surface area (Å²) in [6, 6.07) is 8.04. The number of aromatic nitrogens is 1. The molecule has 4 rings (SSSR count). The number of likely N-dealkylation sites (N-methyl/N-ethyl adjacent to an activating group) is 1. The molecule has 3 amide bonds. The van der Waals surface area contributed by atoms with Crippen LogP contribution in [0.4, 0.5) is 5.69 Å². The fourth-order valence-electron chi connectivity index (χ4n) is 3.37. The van der Waals surface area contributed by atoms with Gasteiger partial charge in [0.15, 0.2) is 5.01 Å². The fraction of sp³-hybridized carbons (Fsp3) is 0.238. The van der Waals surface area contributed by atoms with Crippen LogP contribution in [0.15, 0.2) is 30.3 Å². The molecule has 0 aliphatic carbocycles. The van der Waals surface area contributed by atoms with Crippen LogP contribution < -0.4 is 21.9 Å². The van der Waals surface area contributed by atoms with E-state index < -0.39 is 5.91 Å². The topological polar surface area (TPSA) is 129 Å². The number of benzene rings is 1. The van der Waals surface area contributed by atoms with E-state index >= 15 is 0 Å². The molecule has 1 aromatic carbocycles. The molecule has 2 aromatic heterocycles. The number of hydrogen-bond donors (Lipinski definition) is 4. The molecule has 0 bridgehead atoms. The van der Waals surface area contributed by atoms with E-state index in [0.717, 1.165) is 30.1 Å². The Bertz CT molecular complexity index is 1220. The molecule has 3 aromatic rings. The van der Waals surface area contributed by atoms with Crippen molar-refractivity contribution in [2.45, 2.75) is 19.5 Å². The summed E-state index contributed by atoms with van der Waals surface area (Å²) >= 11 is 8.44. The highest BCUT2D eigenvalue weighted by Gasteiger charge is 2.22. The first-order chi connectivity index (χ1) is 15.8. The highest BCUT2D eigenvalue weighted by Crippen LogP contribution is 2.26. The van der Waals surface area contributed by atoms with Crippen molar-refractivity contribution in [1.29, 1.82) is 0 Å². The van der Waals surface area contributed by atoms with Crippen molar-refractivity contribution in [1.82, 2.24) is 20.6 Å². The molecule has 0 radical (unpaired) electrons. The minimum Gasteiger partial charge on any atom is -0.347 e. The van der Waals surface area contributed by atoms with Gasteiger partial charge in [-0.3, -0.25) is 19.8 Å². The molecule has 0 spiro atoms. The standard InChI is InChI=1S/C21H21ClN6O3S2/c1-28-7-6-13-16(10-28)33-21(26-13)20(31)25-14-8-11(18(29)27-23)2-3-12(14)9-24-19(30)15-4-5-17(22)32-15/h2-5,8H,6-7,9-10,23H2,1H3,(H,24,30)(H,25,31)(H,27,29). The van der Waals surface area contributed by atoms with E-state index in [1.807, 2.05) is 7.05 Å². The number of hydrogen-bond acceptors (Lipinski definition) is 8. The van der Waals surface area contributed by atoms with E-state index in [1.54, 1.807) is 24.3 Å². The lowest BCUT2D eigenvalue weighted by Crippen LogP contribution is -2.30. The number of anilines is 1. The van der Waals surface area contributed by atoms with E-state index in [4.69, 9.17) is 17.4 Å². The summed E-state index contributed by atoms with van der Waals surface area (Å²) < 4.78 is 0.516. The Morgan fingerprint density at radius 1 is 1.15 bits per heavy atom. The number of carbonyl (C=O) groups is 3. The summed E-state index contributed by atoms with van der Waals surface area (Å²) in [6.07, 6.45) is 0.797. The number of nitrogens with one attached hydrogen (secondary N) is 3. The first kappa shape index (κ1) is 23.3. The number of rotatable bonds is 6. The number of thiophene rings is 1. The Labute approximate surface area is 202 Å². The van der Waals surface area contributed by atoms with Crippen LogP contribution in [0.3, 0.4) is 0 Å². The largest absolute Gasteiger partial charge is 0.347 e. The van der Waals surface area contributed by atoms with Crippen LogP contribution in [0, 0.1) is 0 Å². The average Bonchev–Trinajstić information content (AvgIpc) is 3.43. The van der Waals surface area contributed by atoms with Crippen LogP contribution in [0.1, 0.15) is 46.0 Å². The van der Waals surface area contributed by atoms with Crippen LogP contribution in [-0.4, -0.2) is 41.2 Å². The van der Waals surface area contributed by atoms with Gasteiger partial charge in [-0.15, -0.1) is 22.7 Å². The lowest BCUT2D eigenvalue weighted by Gasteiger charge is -2.20. The van der Waals surface area contributed by atoms with E-state index in [2.05, 4.69) is 25.9 Å². The van der Waals surface area contributed by atoms with Crippen LogP contribution in [0.5, 0.6) is 0 Å². The summed E-state index contributed by atoms with van der Waals surface area (Å²) in [4.78, 5) is 45.6. The highest BCUT2D eigenvalue weighted by molar-refractivity contribution is 7.18. The minimum absolute atomic E-state index is 0.133. The Morgan fingerprint density at radius 2 is 1.97 bits per heavy atom. The van der Waals surface area contributed by atoms with Gasteiger partial charge in [0.05, 0.1) is 14.9 Å². The van der Waals surface area contributed by atoms with Crippen LogP contribution >= 0.6 is 34.3 Å². The van der Waals surface area contributed by atoms with E-state index in [1.165, 1.54) is 28.7 Å². The summed E-state index contributed by atoms with van der Waals surface area (Å²) in [5, 5.41) is 6.00. The normalized spacial score (nSPS) is 13.3. The maximum absolute atomic E-state index is 13.0. The molecule has 9 nitrogen and oxygen atoms in total. The summed E-state index contributed by atoms with van der Waals surface area (Å²) in [7, 11) is 2.03. The third kappa shape index (κ3) is 5.40. The molecule has 0 atom stereocenters. The SMILES string of the molecule is CN1CCc2nc(C(=O)Nc3cc(C(=O)NN)ccc3CNC(=O)c3ccc(Cl)s3)sc2C1. The molecule has 0 saturated heterocycles. The maximum Gasteiger partial charge on any atom is 0.284 e. The maximum atomic E-state index is 13.0. The molecule has 0 saturated carbocycles. The number of amides is 3. The molecule has 1 aliphatic heterocycles. The second-order valence-corrected chi connectivity index (χ2v) is 10.3. The molecular weight excluding hydrogens is 484 g/mol. The number of carbonyl (C=O) groups excluding carboxylic acids is 3. The molecule has 0 fully saturated rings. The van der Waals surface area contributed by atoms with Gasteiger partial charge in [0, 0.05) is 42.2 Å². The Hall–Kier alpha value is -2.83. The summed E-state index contributed by atoms with van der Waals surface area (Å²) in [5.74, 6) is 4.09. The van der Waals surface area contributed by atoms with Crippen molar-refractivity contribution in [3.8, 4) is 0 Å². The van der Waals surface area contributed by atoms with Gasteiger partial charge < -0.3 is 15.5 Å². The number of nitrogens with zero attached hydrogens (tertiary/aromatic N) is 2. The number of nitrogen functional groups attached to an aromatic ring is 1. The van der Waals surface area contributed by atoms with Crippen molar-refractivity contribution in [2.24, 2.45) is 5.84 Å². The molecule has 3 heterocycles. The second kappa shape index (κ2) is 9.98. The van der Waals surface area contributed by atoms with Crippen LogP contribution in [0.2, 0.25) is 4.34 Å². The predicted molar refractivity (Wildman–Crippen MR) is 129 cm³/mol. The molecule has 0 unspecified atom stereocenters. The Kier molecular flexibility index (Phi) is 7.05. The Morgan fingerprint density at radius 3 is 2.70 bits per heavy atom. The lowest BCUT2D eigenvalue weighted by atomic mass is 10.1. The first-order valence-electron chi connectivity index (χ1n) is 10.00. The van der Waals surface area contributed by atoms with Gasteiger partial charge in [0.1, 0.15) is 0 Å². The Balaban J connectivity index is 1.55. The summed E-state index contributed by atoms with van der Waals surface area (Å²) in [6.45, 7) is 1.79. The zero-order valence-corrected chi connectivity index (χ0v) is 20.0. The number of nitrogens with two attached hydrogens (primary N) is 1. The fourth-order valence-corrected chi connectivity index (χ4v) is 5.41. The van der Waals surface area contributed by atoms with E-state index in [9.17, 15) is 14.4 Å². The van der Waals surface area contributed by atoms with Gasteiger partial charge in [0.2, 0.25) is 0 Å². The minimum atomic E-state index is -0.498. The van der Waals surface area contributed by atoms with Crippen molar-refractivity contribution >= 4 is 57.7 Å². The average molecular weight is 505 g/mol. The number of fused-ring (bicyclic) bond motifs is 1. The van der Waals surface area contributed by atoms with Gasteiger partial charge in [0.25, 0.3) is 17.7 Å². The molecule has 12 heteroatoms. The number of halogens is 1. The number of hydrazine groups is 1. The lowest BCUT2D eigenvalue weighted by molar-refractivity contribution is 0.0945. The molecule has 5 N–H and O–H groups in total. The van der Waals surface area contributed by atoms with Gasteiger partial charge in [-0.2, -0.15) is 0 Å². The smallest absolute Gasteiger partial charge is 0.284 e. The zero-order chi connectivity index (χ0) is 23.5. The molecule has 1 aliphatic rings. The third-order valence-corrected chi connectivity index (χ3v) is 7.42. The third-order valence-electron chi connectivity index (χ3n) is 5.10. The monoisotopic (exact) mass is 504 g/mol. The van der Waals surface area contributed by atoms with Gasteiger partial charge in [-0.1, -0.05) is 17.7 Å². The summed E-state index contributed by atoms with van der Waals surface area (Å²) in [5.41, 5.74) is 4.30. The molecule has 172 valence electrons. The van der Waals surface area contributed by atoms with E-state index in [-0.39, 0.29) is 23.9 Å². The van der Waals surface area contributed by atoms with Crippen molar-refractivity contribution in [3.63, 3.8) is 0 Å². The zero-order valence-electron chi connectivity index (χ0n) is 17.6. The quantitative estimate of drug-likeness (QED) is 0.232.